The third kappa shape index (κ3) is 7.38. The summed E-state index contributed by atoms with van der Waals surface area (Å²) in [6.07, 6.45) is 6.18. The molecule has 1 aliphatic heterocycles. The number of guanidine groups is 1. The number of thiophene rings is 1. The van der Waals surface area contributed by atoms with Crippen LogP contribution >= 0.6 is 35.3 Å². The van der Waals surface area contributed by atoms with E-state index in [9.17, 15) is 0 Å². The quantitative estimate of drug-likeness (QED) is 0.312. The highest BCUT2D eigenvalue weighted by Crippen LogP contribution is 2.12. The van der Waals surface area contributed by atoms with Crippen LogP contribution in [0, 0.1) is 0 Å². The van der Waals surface area contributed by atoms with Crippen LogP contribution in [0.3, 0.4) is 0 Å². The van der Waals surface area contributed by atoms with Crippen LogP contribution in [0.15, 0.2) is 28.8 Å². The van der Waals surface area contributed by atoms with Crippen LogP contribution in [0.2, 0.25) is 0 Å². The van der Waals surface area contributed by atoms with Crippen molar-refractivity contribution in [2.75, 3.05) is 26.2 Å². The van der Waals surface area contributed by atoms with Gasteiger partial charge in [-0.3, -0.25) is 4.99 Å². The fourth-order valence-electron chi connectivity index (χ4n) is 2.95. The Morgan fingerprint density at radius 3 is 3.04 bits per heavy atom. The summed E-state index contributed by atoms with van der Waals surface area (Å²) in [5, 5.41) is 17.1. The molecule has 0 aliphatic carbocycles. The standard InChI is InChI=1S/C18H28N6OS.HI/c1-2-17-23-22-14-24(17)10-9-20-18(21-13-15-5-3-11-25-15)19-8-7-16-6-4-12-26-16;/h4,6,12,14-15H,2-3,5,7-11,13H2,1H3,(H2,19,20,21);1H. The van der Waals surface area contributed by atoms with E-state index in [1.807, 2.05) is 0 Å². The van der Waals surface area contributed by atoms with Crippen LogP contribution in [0.5, 0.6) is 0 Å². The van der Waals surface area contributed by atoms with Crippen LogP contribution in [0.25, 0.3) is 0 Å². The largest absolute Gasteiger partial charge is 0.376 e. The lowest BCUT2D eigenvalue weighted by Gasteiger charge is -2.14. The molecule has 0 aromatic carbocycles. The lowest BCUT2D eigenvalue weighted by Crippen LogP contribution is -2.40. The number of hydrogen-bond acceptors (Lipinski definition) is 5. The molecule has 27 heavy (non-hydrogen) atoms. The summed E-state index contributed by atoms with van der Waals surface area (Å²) < 4.78 is 7.76. The third-order valence-electron chi connectivity index (χ3n) is 4.38. The van der Waals surface area contributed by atoms with Crippen molar-refractivity contribution in [3.05, 3.63) is 34.5 Å². The van der Waals surface area contributed by atoms with Gasteiger partial charge in [0.1, 0.15) is 12.2 Å². The molecule has 7 nitrogen and oxygen atoms in total. The van der Waals surface area contributed by atoms with Gasteiger partial charge in [0.2, 0.25) is 0 Å². The maximum absolute atomic E-state index is 5.68. The summed E-state index contributed by atoms with van der Waals surface area (Å²) >= 11 is 1.79. The van der Waals surface area contributed by atoms with Crippen LogP contribution in [0.1, 0.15) is 30.5 Å². The minimum absolute atomic E-state index is 0. The number of hydrogen-bond donors (Lipinski definition) is 2. The second-order valence-electron chi connectivity index (χ2n) is 6.30. The number of nitrogens with one attached hydrogen (secondary N) is 2. The molecule has 3 heterocycles. The fraction of sp³-hybridized carbons (Fsp3) is 0.611. The van der Waals surface area contributed by atoms with Crippen molar-refractivity contribution in [3.63, 3.8) is 0 Å². The number of ether oxygens (including phenoxy) is 1. The first-order valence-corrected chi connectivity index (χ1v) is 10.3. The van der Waals surface area contributed by atoms with E-state index in [4.69, 9.17) is 9.73 Å². The van der Waals surface area contributed by atoms with Gasteiger partial charge in [-0.2, -0.15) is 0 Å². The average Bonchev–Trinajstić information content (AvgIpc) is 3.41. The predicted octanol–water partition coefficient (Wildman–Crippen LogP) is 2.48. The summed E-state index contributed by atoms with van der Waals surface area (Å²) in [6, 6.07) is 4.26. The molecule has 3 rings (SSSR count). The molecule has 0 radical (unpaired) electrons. The van der Waals surface area contributed by atoms with Gasteiger partial charge in [-0.05, 0) is 30.7 Å². The van der Waals surface area contributed by atoms with E-state index in [1.165, 1.54) is 4.88 Å². The number of nitrogens with zero attached hydrogens (tertiary/aromatic N) is 4. The molecule has 1 aliphatic rings. The Hall–Kier alpha value is -1.20. The van der Waals surface area contributed by atoms with E-state index in [-0.39, 0.29) is 30.1 Å². The highest BCUT2D eigenvalue weighted by molar-refractivity contribution is 14.0. The van der Waals surface area contributed by atoms with E-state index in [0.717, 1.165) is 63.7 Å². The summed E-state index contributed by atoms with van der Waals surface area (Å²) in [6.45, 7) is 6.13. The zero-order valence-electron chi connectivity index (χ0n) is 15.8. The van der Waals surface area contributed by atoms with Gasteiger partial charge in [0.05, 0.1) is 12.6 Å². The van der Waals surface area contributed by atoms with Crippen molar-refractivity contribution in [1.29, 1.82) is 0 Å². The van der Waals surface area contributed by atoms with Crippen molar-refractivity contribution < 1.29 is 4.74 Å². The van der Waals surface area contributed by atoms with Gasteiger partial charge in [0, 0.05) is 37.5 Å². The molecule has 1 atom stereocenters. The Morgan fingerprint density at radius 1 is 1.41 bits per heavy atom. The first kappa shape index (κ1) is 22.1. The van der Waals surface area contributed by atoms with E-state index >= 15 is 0 Å². The normalized spacial score (nSPS) is 16.9. The molecule has 1 unspecified atom stereocenters. The Morgan fingerprint density at radius 2 is 2.30 bits per heavy atom. The second-order valence-corrected chi connectivity index (χ2v) is 7.33. The highest BCUT2D eigenvalue weighted by atomic mass is 127. The van der Waals surface area contributed by atoms with Gasteiger partial charge in [0.25, 0.3) is 0 Å². The molecule has 150 valence electrons. The Bertz CT molecular complexity index is 669. The SMILES string of the molecule is CCc1nncn1CCNC(=NCC1CCCO1)NCCc1cccs1.I. The summed E-state index contributed by atoms with van der Waals surface area (Å²) in [5.41, 5.74) is 0. The van der Waals surface area contributed by atoms with Gasteiger partial charge in [-0.15, -0.1) is 45.5 Å². The van der Waals surface area contributed by atoms with Crippen molar-refractivity contribution in [3.8, 4) is 0 Å². The lowest BCUT2D eigenvalue weighted by atomic mass is 10.2. The van der Waals surface area contributed by atoms with Crippen LogP contribution in [-0.2, 0) is 24.1 Å². The van der Waals surface area contributed by atoms with E-state index < -0.39 is 0 Å². The van der Waals surface area contributed by atoms with Gasteiger partial charge in [-0.25, -0.2) is 0 Å². The van der Waals surface area contributed by atoms with Crippen LogP contribution < -0.4 is 10.6 Å². The average molecular weight is 504 g/mol. The minimum atomic E-state index is 0. The molecule has 0 spiro atoms. The van der Waals surface area contributed by atoms with Crippen molar-refractivity contribution in [2.45, 2.75) is 45.3 Å². The van der Waals surface area contributed by atoms with Gasteiger partial charge in [-0.1, -0.05) is 13.0 Å². The molecule has 2 aromatic rings. The van der Waals surface area contributed by atoms with Crippen molar-refractivity contribution in [2.24, 2.45) is 4.99 Å². The topological polar surface area (TPSA) is 76.4 Å². The maximum Gasteiger partial charge on any atom is 0.191 e. The maximum atomic E-state index is 5.68. The summed E-state index contributed by atoms with van der Waals surface area (Å²) in [7, 11) is 0. The van der Waals surface area contributed by atoms with Gasteiger partial charge in [0.15, 0.2) is 5.96 Å². The number of rotatable bonds is 9. The third-order valence-corrected chi connectivity index (χ3v) is 5.31. The molecule has 0 amide bonds. The molecular formula is C18H29IN6OS. The monoisotopic (exact) mass is 504 g/mol. The van der Waals surface area contributed by atoms with E-state index in [0.29, 0.717) is 6.54 Å². The first-order valence-electron chi connectivity index (χ1n) is 9.38. The van der Waals surface area contributed by atoms with Crippen molar-refractivity contribution >= 4 is 41.3 Å². The molecule has 1 saturated heterocycles. The molecule has 1 fully saturated rings. The summed E-state index contributed by atoms with van der Waals surface area (Å²) in [5.74, 6) is 1.86. The molecule has 2 N–H and O–H groups in total. The highest BCUT2D eigenvalue weighted by Gasteiger charge is 2.15. The first-order chi connectivity index (χ1) is 12.8. The number of halogens is 1. The Labute approximate surface area is 182 Å². The minimum Gasteiger partial charge on any atom is -0.376 e. The van der Waals surface area contributed by atoms with Crippen LogP contribution in [-0.4, -0.2) is 53.1 Å². The number of aryl methyl sites for hydroxylation is 1. The van der Waals surface area contributed by atoms with E-state index in [2.05, 4.69) is 49.8 Å². The number of aromatic nitrogens is 3. The zero-order chi connectivity index (χ0) is 18.0. The lowest BCUT2D eigenvalue weighted by molar-refractivity contribution is 0.117. The van der Waals surface area contributed by atoms with E-state index in [1.54, 1.807) is 17.7 Å². The van der Waals surface area contributed by atoms with Gasteiger partial charge >= 0.3 is 0 Å². The molecule has 2 aromatic heterocycles. The van der Waals surface area contributed by atoms with Crippen LogP contribution in [0.4, 0.5) is 0 Å². The molecule has 0 saturated carbocycles. The predicted molar refractivity (Wildman–Crippen MR) is 120 cm³/mol. The Balaban J connectivity index is 0.00000261. The second kappa shape index (κ2) is 12.3. The number of aliphatic imine (C=N–C) groups is 1. The zero-order valence-corrected chi connectivity index (χ0v) is 18.9. The summed E-state index contributed by atoms with van der Waals surface area (Å²) in [4.78, 5) is 6.10. The van der Waals surface area contributed by atoms with Gasteiger partial charge < -0.3 is 19.9 Å². The molecular weight excluding hydrogens is 475 g/mol. The fourth-order valence-corrected chi connectivity index (χ4v) is 3.66. The smallest absolute Gasteiger partial charge is 0.191 e. The van der Waals surface area contributed by atoms with Crippen molar-refractivity contribution in [1.82, 2.24) is 25.4 Å². The Kier molecular flexibility index (Phi) is 10.1. The molecule has 9 heteroatoms. The molecule has 0 bridgehead atoms.